The highest BCUT2D eigenvalue weighted by atomic mass is 79.9. The summed E-state index contributed by atoms with van der Waals surface area (Å²) in [7, 11) is 0. The number of aromatic nitrogens is 1. The SMILES string of the molecule is NC(=O)C[CH]c1cccc(Br)n1. The third-order valence-corrected chi connectivity index (χ3v) is 1.69. The number of rotatable bonds is 3. The molecule has 0 saturated heterocycles. The molecule has 1 aromatic rings. The van der Waals surface area contributed by atoms with Crippen LogP contribution in [0.4, 0.5) is 0 Å². The van der Waals surface area contributed by atoms with Gasteiger partial charge in [-0.3, -0.25) is 4.79 Å². The number of pyridine rings is 1. The van der Waals surface area contributed by atoms with E-state index >= 15 is 0 Å². The zero-order valence-corrected chi connectivity index (χ0v) is 7.91. The van der Waals surface area contributed by atoms with Crippen LogP contribution < -0.4 is 5.73 Å². The number of nitrogens with two attached hydrogens (primary N) is 1. The maximum Gasteiger partial charge on any atom is 0.218 e. The number of carbonyl (C=O) groups is 1. The number of amides is 1. The van der Waals surface area contributed by atoms with Crippen molar-refractivity contribution in [1.29, 1.82) is 0 Å². The van der Waals surface area contributed by atoms with E-state index < -0.39 is 0 Å². The summed E-state index contributed by atoms with van der Waals surface area (Å²) < 4.78 is 0.751. The van der Waals surface area contributed by atoms with Crippen LogP contribution in [0, 0.1) is 6.42 Å². The lowest BCUT2D eigenvalue weighted by molar-refractivity contribution is -0.117. The lowest BCUT2D eigenvalue weighted by Gasteiger charge is -1.97. The van der Waals surface area contributed by atoms with Crippen LogP contribution in [0.2, 0.25) is 0 Å². The third-order valence-electron chi connectivity index (χ3n) is 1.25. The predicted octanol–water partition coefficient (Wildman–Crippen LogP) is 1.27. The van der Waals surface area contributed by atoms with E-state index in [-0.39, 0.29) is 12.3 Å². The molecule has 0 spiro atoms. The molecule has 1 amide bonds. The van der Waals surface area contributed by atoms with Gasteiger partial charge in [0.25, 0.3) is 0 Å². The summed E-state index contributed by atoms with van der Waals surface area (Å²) >= 11 is 3.22. The Labute approximate surface area is 79.1 Å². The number of hydrogen-bond donors (Lipinski definition) is 1. The minimum Gasteiger partial charge on any atom is -0.370 e. The molecule has 0 aliphatic rings. The zero-order chi connectivity index (χ0) is 8.97. The Kier molecular flexibility index (Phi) is 3.22. The van der Waals surface area contributed by atoms with E-state index in [1.807, 2.05) is 18.2 Å². The van der Waals surface area contributed by atoms with E-state index in [0.717, 1.165) is 10.3 Å². The van der Waals surface area contributed by atoms with Gasteiger partial charge in [-0.05, 0) is 28.1 Å². The van der Waals surface area contributed by atoms with Crippen LogP contribution in [0.25, 0.3) is 0 Å². The molecule has 0 unspecified atom stereocenters. The normalized spacial score (nSPS) is 9.75. The van der Waals surface area contributed by atoms with Gasteiger partial charge in [-0.25, -0.2) is 4.98 Å². The second-order valence-corrected chi connectivity index (χ2v) is 3.07. The Morgan fingerprint density at radius 2 is 2.42 bits per heavy atom. The largest absolute Gasteiger partial charge is 0.370 e. The minimum atomic E-state index is -0.350. The van der Waals surface area contributed by atoms with E-state index in [9.17, 15) is 4.79 Å². The van der Waals surface area contributed by atoms with Gasteiger partial charge in [0.2, 0.25) is 5.91 Å². The molecule has 0 aliphatic carbocycles. The number of nitrogens with zero attached hydrogens (tertiary/aromatic N) is 1. The first-order chi connectivity index (χ1) is 5.68. The van der Waals surface area contributed by atoms with Gasteiger partial charge in [0.1, 0.15) is 4.60 Å². The number of halogens is 1. The first kappa shape index (κ1) is 9.19. The first-order valence-corrected chi connectivity index (χ1v) is 4.22. The quantitative estimate of drug-likeness (QED) is 0.792. The second-order valence-electron chi connectivity index (χ2n) is 2.26. The van der Waals surface area contributed by atoms with Gasteiger partial charge in [-0.2, -0.15) is 0 Å². The standard InChI is InChI=1S/C8H8BrN2O/c9-7-3-1-2-6(11-7)4-5-8(10)12/h1-4H,5H2,(H2,10,12). The van der Waals surface area contributed by atoms with Crippen molar-refractivity contribution in [3.63, 3.8) is 0 Å². The maximum atomic E-state index is 10.4. The number of carbonyl (C=O) groups excluding carboxylic acids is 1. The van der Waals surface area contributed by atoms with E-state index in [1.54, 1.807) is 6.42 Å². The summed E-state index contributed by atoms with van der Waals surface area (Å²) in [5.41, 5.74) is 5.72. The minimum absolute atomic E-state index is 0.226. The lowest BCUT2D eigenvalue weighted by Crippen LogP contribution is -2.10. The molecule has 1 aromatic heterocycles. The van der Waals surface area contributed by atoms with Gasteiger partial charge >= 0.3 is 0 Å². The Balaban J connectivity index is 2.57. The fourth-order valence-corrected chi connectivity index (χ4v) is 1.10. The van der Waals surface area contributed by atoms with Crippen molar-refractivity contribution < 1.29 is 4.79 Å². The molecule has 0 aliphatic heterocycles. The average molecular weight is 228 g/mol. The summed E-state index contributed by atoms with van der Waals surface area (Å²) in [6.45, 7) is 0. The molecule has 1 heterocycles. The Morgan fingerprint density at radius 3 is 3.00 bits per heavy atom. The Morgan fingerprint density at radius 1 is 1.67 bits per heavy atom. The molecule has 0 fully saturated rings. The highest BCUT2D eigenvalue weighted by Gasteiger charge is 1.98. The van der Waals surface area contributed by atoms with E-state index in [2.05, 4.69) is 20.9 Å². The summed E-state index contributed by atoms with van der Waals surface area (Å²) in [5, 5.41) is 0. The van der Waals surface area contributed by atoms with Crippen LogP contribution in [0.5, 0.6) is 0 Å². The third kappa shape index (κ3) is 3.00. The van der Waals surface area contributed by atoms with E-state index in [4.69, 9.17) is 5.73 Å². The van der Waals surface area contributed by atoms with Crippen molar-refractivity contribution in [3.05, 3.63) is 34.9 Å². The van der Waals surface area contributed by atoms with Crippen molar-refractivity contribution in [2.75, 3.05) is 0 Å². The molecule has 0 saturated carbocycles. The molecular formula is C8H8BrN2O. The highest BCUT2D eigenvalue weighted by Crippen LogP contribution is 2.08. The van der Waals surface area contributed by atoms with Gasteiger partial charge in [0, 0.05) is 18.5 Å². The number of primary amides is 1. The van der Waals surface area contributed by atoms with Crippen molar-refractivity contribution >= 4 is 21.8 Å². The molecular weight excluding hydrogens is 220 g/mol. The fraction of sp³-hybridized carbons (Fsp3) is 0.125. The van der Waals surface area contributed by atoms with Crippen LogP contribution in [0.15, 0.2) is 22.8 Å². The lowest BCUT2D eigenvalue weighted by atomic mass is 10.2. The summed E-state index contributed by atoms with van der Waals surface area (Å²) in [4.78, 5) is 14.5. The number of hydrogen-bond acceptors (Lipinski definition) is 2. The van der Waals surface area contributed by atoms with Gasteiger partial charge in [0.15, 0.2) is 0 Å². The topological polar surface area (TPSA) is 56.0 Å². The highest BCUT2D eigenvalue weighted by molar-refractivity contribution is 9.10. The van der Waals surface area contributed by atoms with Crippen molar-refractivity contribution in [1.82, 2.24) is 4.98 Å². The molecule has 1 radical (unpaired) electrons. The van der Waals surface area contributed by atoms with Crippen molar-refractivity contribution in [2.24, 2.45) is 5.73 Å². The van der Waals surface area contributed by atoms with Gasteiger partial charge in [0.05, 0.1) is 0 Å². The Hall–Kier alpha value is -0.900. The monoisotopic (exact) mass is 227 g/mol. The summed E-state index contributed by atoms with van der Waals surface area (Å²) in [6, 6.07) is 5.49. The molecule has 2 N–H and O–H groups in total. The van der Waals surface area contributed by atoms with E-state index in [0.29, 0.717) is 0 Å². The molecule has 0 bridgehead atoms. The first-order valence-electron chi connectivity index (χ1n) is 3.42. The van der Waals surface area contributed by atoms with Crippen LogP contribution >= 0.6 is 15.9 Å². The average Bonchev–Trinajstić information content (AvgIpc) is 2.01. The fourth-order valence-electron chi connectivity index (χ4n) is 0.743. The van der Waals surface area contributed by atoms with Gasteiger partial charge < -0.3 is 5.73 Å². The molecule has 0 atom stereocenters. The molecule has 63 valence electrons. The maximum absolute atomic E-state index is 10.4. The second kappa shape index (κ2) is 4.21. The van der Waals surface area contributed by atoms with Gasteiger partial charge in [-0.1, -0.05) is 6.07 Å². The molecule has 1 rings (SSSR count). The zero-order valence-electron chi connectivity index (χ0n) is 6.33. The van der Waals surface area contributed by atoms with Crippen LogP contribution in [0.1, 0.15) is 12.1 Å². The molecule has 0 aromatic carbocycles. The van der Waals surface area contributed by atoms with Crippen molar-refractivity contribution in [2.45, 2.75) is 6.42 Å². The predicted molar refractivity (Wildman–Crippen MR) is 49.2 cm³/mol. The van der Waals surface area contributed by atoms with Crippen molar-refractivity contribution in [3.8, 4) is 0 Å². The van der Waals surface area contributed by atoms with E-state index in [1.165, 1.54) is 0 Å². The van der Waals surface area contributed by atoms with Crippen LogP contribution in [-0.2, 0) is 4.79 Å². The molecule has 3 nitrogen and oxygen atoms in total. The van der Waals surface area contributed by atoms with Gasteiger partial charge in [-0.15, -0.1) is 0 Å². The van der Waals surface area contributed by atoms with Crippen LogP contribution in [0.3, 0.4) is 0 Å². The van der Waals surface area contributed by atoms with Crippen LogP contribution in [-0.4, -0.2) is 10.9 Å². The summed E-state index contributed by atoms with van der Waals surface area (Å²) in [6.07, 6.45) is 1.91. The summed E-state index contributed by atoms with van der Waals surface area (Å²) in [5.74, 6) is -0.350. The molecule has 12 heavy (non-hydrogen) atoms. The Bertz CT molecular complexity index is 288. The smallest absolute Gasteiger partial charge is 0.218 e. The molecule has 4 heteroatoms.